The van der Waals surface area contributed by atoms with Gasteiger partial charge in [-0.25, -0.2) is 0 Å². The van der Waals surface area contributed by atoms with Crippen LogP contribution in [0.25, 0.3) is 0 Å². The number of carbonyl (C=O) groups is 1. The molecule has 0 bridgehead atoms. The van der Waals surface area contributed by atoms with Gasteiger partial charge >= 0.3 is 5.97 Å². The lowest BCUT2D eigenvalue weighted by Gasteiger charge is -2.38. The molecule has 2 aliphatic rings. The maximum Gasteiger partial charge on any atom is 0.320 e. The van der Waals surface area contributed by atoms with Crippen molar-refractivity contribution in [2.75, 3.05) is 13.1 Å². The van der Waals surface area contributed by atoms with Crippen LogP contribution >= 0.6 is 0 Å². The number of aryl methyl sites for hydroxylation is 2. The summed E-state index contributed by atoms with van der Waals surface area (Å²) in [6.07, 6.45) is 7.65. The van der Waals surface area contributed by atoms with Crippen LogP contribution in [0, 0.1) is 0 Å². The highest BCUT2D eigenvalue weighted by Crippen LogP contribution is 2.45. The molecule has 0 radical (unpaired) electrons. The zero-order valence-corrected chi connectivity index (χ0v) is 16.4. The maximum atomic E-state index is 11.7. The van der Waals surface area contributed by atoms with Crippen LogP contribution in [0.15, 0.2) is 61.2 Å². The highest BCUT2D eigenvalue weighted by Gasteiger charge is 2.39. The van der Waals surface area contributed by atoms with Crippen molar-refractivity contribution in [2.45, 2.75) is 50.0 Å². The smallest absolute Gasteiger partial charge is 0.320 e. The van der Waals surface area contributed by atoms with Crippen molar-refractivity contribution in [1.29, 1.82) is 0 Å². The van der Waals surface area contributed by atoms with Crippen molar-refractivity contribution in [3.8, 4) is 0 Å². The Hall–Kier alpha value is -2.39. The van der Waals surface area contributed by atoms with E-state index in [0.29, 0.717) is 0 Å². The maximum absolute atomic E-state index is 11.7. The number of fused-ring (bicyclic) bond motifs is 2. The van der Waals surface area contributed by atoms with Crippen molar-refractivity contribution in [3.63, 3.8) is 0 Å². The topological polar surface area (TPSA) is 40.5 Å². The monoisotopic (exact) mass is 375 g/mol. The number of carboxylic acid groups (broad SMARTS) is 1. The van der Waals surface area contributed by atoms with Gasteiger partial charge in [-0.3, -0.25) is 9.69 Å². The Labute approximate surface area is 167 Å². The molecule has 0 spiro atoms. The Morgan fingerprint density at radius 2 is 1.71 bits per heavy atom. The van der Waals surface area contributed by atoms with Crippen LogP contribution in [0.2, 0.25) is 0 Å². The minimum atomic E-state index is -0.683. The largest absolute Gasteiger partial charge is 0.480 e. The lowest BCUT2D eigenvalue weighted by Crippen LogP contribution is -2.40. The van der Waals surface area contributed by atoms with Gasteiger partial charge in [-0.05, 0) is 67.3 Å². The number of allylic oxidation sites excluding steroid dienone is 1. The molecular weight excluding hydrogens is 346 g/mol. The molecule has 4 rings (SSSR count). The Bertz CT molecular complexity index is 825. The molecule has 1 unspecified atom stereocenters. The Morgan fingerprint density at radius 1 is 1.11 bits per heavy atom. The number of hydrogen-bond acceptors (Lipinski definition) is 2. The van der Waals surface area contributed by atoms with E-state index in [2.05, 4.69) is 60.0 Å². The van der Waals surface area contributed by atoms with Crippen LogP contribution in [-0.4, -0.2) is 35.1 Å². The number of likely N-dealkylation sites (tertiary alicyclic amines) is 1. The van der Waals surface area contributed by atoms with Gasteiger partial charge in [-0.1, -0.05) is 54.6 Å². The summed E-state index contributed by atoms with van der Waals surface area (Å²) in [5.41, 5.74) is 5.47. The molecule has 1 N–H and O–H groups in total. The number of benzene rings is 2. The highest BCUT2D eigenvalue weighted by molar-refractivity contribution is 5.73. The molecule has 1 saturated heterocycles. The predicted octanol–water partition coefficient (Wildman–Crippen LogP) is 4.59. The van der Waals surface area contributed by atoms with Gasteiger partial charge in [-0.2, -0.15) is 0 Å². The van der Waals surface area contributed by atoms with Crippen molar-refractivity contribution in [1.82, 2.24) is 4.90 Å². The first-order chi connectivity index (χ1) is 13.7. The summed E-state index contributed by atoms with van der Waals surface area (Å²) in [5, 5.41) is 9.59. The number of nitrogens with zero attached hydrogens (tertiary/aromatic N) is 1. The summed E-state index contributed by atoms with van der Waals surface area (Å²) in [5.74, 6) is -0.683. The molecule has 1 heterocycles. The molecule has 28 heavy (non-hydrogen) atoms. The van der Waals surface area contributed by atoms with E-state index in [1.54, 1.807) is 0 Å². The number of aliphatic carboxylic acids is 1. The molecule has 146 valence electrons. The van der Waals surface area contributed by atoms with Gasteiger partial charge in [0.25, 0.3) is 0 Å². The fraction of sp³-hybridized carbons (Fsp3) is 0.400. The Balaban J connectivity index is 1.78. The summed E-state index contributed by atoms with van der Waals surface area (Å²) in [7, 11) is 0. The van der Waals surface area contributed by atoms with E-state index in [0.717, 1.165) is 51.6 Å². The second kappa shape index (κ2) is 7.92. The number of rotatable bonds is 6. The predicted molar refractivity (Wildman–Crippen MR) is 113 cm³/mol. The third-order valence-electron chi connectivity index (χ3n) is 6.70. The molecule has 0 aromatic heterocycles. The number of carboxylic acids is 1. The van der Waals surface area contributed by atoms with Crippen LogP contribution < -0.4 is 0 Å². The molecular formula is C25H29NO2. The number of hydrogen-bond donors (Lipinski definition) is 1. The van der Waals surface area contributed by atoms with E-state index in [1.165, 1.54) is 22.3 Å². The van der Waals surface area contributed by atoms with Gasteiger partial charge in [0, 0.05) is 12.0 Å². The molecule has 0 amide bonds. The lowest BCUT2D eigenvalue weighted by molar-refractivity contribution is -0.142. The summed E-state index contributed by atoms with van der Waals surface area (Å²) >= 11 is 0. The SMILES string of the molecule is C=CCC1(CCN2CCCC2C(=O)O)c2ccccc2CCc2ccccc21. The van der Waals surface area contributed by atoms with E-state index < -0.39 is 5.97 Å². The van der Waals surface area contributed by atoms with Gasteiger partial charge in [-0.15, -0.1) is 6.58 Å². The molecule has 3 nitrogen and oxygen atoms in total. The van der Waals surface area contributed by atoms with Gasteiger partial charge < -0.3 is 5.11 Å². The van der Waals surface area contributed by atoms with E-state index in [4.69, 9.17) is 0 Å². The van der Waals surface area contributed by atoms with Crippen LogP contribution in [-0.2, 0) is 23.1 Å². The first kappa shape index (κ1) is 18.9. The summed E-state index contributed by atoms with van der Waals surface area (Å²) in [6, 6.07) is 17.3. The molecule has 2 aromatic rings. The van der Waals surface area contributed by atoms with Crippen LogP contribution in [0.5, 0.6) is 0 Å². The van der Waals surface area contributed by atoms with Crippen molar-refractivity contribution >= 4 is 5.97 Å². The third-order valence-corrected chi connectivity index (χ3v) is 6.70. The van der Waals surface area contributed by atoms with Gasteiger partial charge in [0.05, 0.1) is 0 Å². The van der Waals surface area contributed by atoms with Crippen molar-refractivity contribution in [3.05, 3.63) is 83.4 Å². The first-order valence-corrected chi connectivity index (χ1v) is 10.4. The molecule has 0 saturated carbocycles. The minimum absolute atomic E-state index is 0.142. The molecule has 1 fully saturated rings. The van der Waals surface area contributed by atoms with E-state index >= 15 is 0 Å². The first-order valence-electron chi connectivity index (χ1n) is 10.4. The van der Waals surface area contributed by atoms with Crippen LogP contribution in [0.1, 0.15) is 47.9 Å². The van der Waals surface area contributed by atoms with Crippen molar-refractivity contribution < 1.29 is 9.90 Å². The quantitative estimate of drug-likeness (QED) is 0.751. The van der Waals surface area contributed by atoms with Gasteiger partial charge in [0.15, 0.2) is 0 Å². The molecule has 3 heteroatoms. The second-order valence-electron chi connectivity index (χ2n) is 8.17. The van der Waals surface area contributed by atoms with Crippen LogP contribution in [0.4, 0.5) is 0 Å². The van der Waals surface area contributed by atoms with Gasteiger partial charge in [0.1, 0.15) is 6.04 Å². The van der Waals surface area contributed by atoms with E-state index in [9.17, 15) is 9.90 Å². The molecule has 1 aliphatic heterocycles. The highest BCUT2D eigenvalue weighted by atomic mass is 16.4. The minimum Gasteiger partial charge on any atom is -0.480 e. The average Bonchev–Trinajstić information content (AvgIpc) is 3.14. The second-order valence-corrected chi connectivity index (χ2v) is 8.17. The third kappa shape index (κ3) is 3.29. The Kier molecular flexibility index (Phi) is 5.36. The standard InChI is InChI=1S/C25H29NO2/c1-2-15-25(16-18-26-17-7-12-23(26)24(27)28)21-10-5-3-8-19(21)13-14-20-9-4-6-11-22(20)25/h2-6,8-11,23H,1,7,12-18H2,(H,27,28). The lowest BCUT2D eigenvalue weighted by atomic mass is 9.68. The van der Waals surface area contributed by atoms with Crippen molar-refractivity contribution in [2.24, 2.45) is 0 Å². The summed E-state index contributed by atoms with van der Waals surface area (Å²) < 4.78 is 0. The van der Waals surface area contributed by atoms with Gasteiger partial charge in [0.2, 0.25) is 0 Å². The van der Waals surface area contributed by atoms with E-state index in [1.807, 2.05) is 6.08 Å². The molecule has 2 aromatic carbocycles. The van der Waals surface area contributed by atoms with E-state index in [-0.39, 0.29) is 11.5 Å². The zero-order valence-electron chi connectivity index (χ0n) is 16.4. The summed E-state index contributed by atoms with van der Waals surface area (Å²) in [4.78, 5) is 13.8. The fourth-order valence-electron chi connectivity index (χ4n) is 5.37. The van der Waals surface area contributed by atoms with Crippen LogP contribution in [0.3, 0.4) is 0 Å². The Morgan fingerprint density at radius 3 is 2.29 bits per heavy atom. The fourth-order valence-corrected chi connectivity index (χ4v) is 5.37. The average molecular weight is 376 g/mol. The summed E-state index contributed by atoms with van der Waals surface area (Å²) in [6.45, 7) is 5.77. The molecule has 1 atom stereocenters. The zero-order chi connectivity index (χ0) is 19.6. The molecule has 1 aliphatic carbocycles. The normalized spacial score (nSPS) is 20.8.